The van der Waals surface area contributed by atoms with Gasteiger partial charge in [0.2, 0.25) is 0 Å². The van der Waals surface area contributed by atoms with Gasteiger partial charge >= 0.3 is 5.97 Å². The smallest absolute Gasteiger partial charge is 0.320 e. The number of aliphatic carboxylic acids is 1. The van der Waals surface area contributed by atoms with E-state index in [1.165, 1.54) is 0 Å². The molecule has 0 rings (SSSR count). The molecule has 1 unspecified atom stereocenters. The van der Waals surface area contributed by atoms with Gasteiger partial charge in [0.1, 0.15) is 6.04 Å². The Morgan fingerprint density at radius 2 is 2.07 bits per heavy atom. The predicted octanol–water partition coefficient (Wildman–Crippen LogP) is 2.27. The van der Waals surface area contributed by atoms with Crippen molar-refractivity contribution in [3.63, 3.8) is 0 Å². The molecular weight excluding hydrogens is 178 g/mol. The summed E-state index contributed by atoms with van der Waals surface area (Å²) in [7, 11) is 0. The second-order valence-electron chi connectivity index (χ2n) is 3.95. The van der Waals surface area contributed by atoms with Crippen molar-refractivity contribution in [3.8, 4) is 0 Å². The van der Waals surface area contributed by atoms with Gasteiger partial charge in [0.25, 0.3) is 0 Å². The molecular formula is C11H23NO2. The van der Waals surface area contributed by atoms with Gasteiger partial charge in [-0.3, -0.25) is 4.79 Å². The first-order valence-corrected chi connectivity index (χ1v) is 5.57. The zero-order valence-corrected chi connectivity index (χ0v) is 9.55. The number of unbranched alkanes of at least 4 members (excludes halogenated alkanes) is 1. The van der Waals surface area contributed by atoms with Gasteiger partial charge in [0.05, 0.1) is 0 Å². The van der Waals surface area contributed by atoms with E-state index in [9.17, 15) is 4.79 Å². The normalized spacial score (nSPS) is 15.1. The summed E-state index contributed by atoms with van der Waals surface area (Å²) in [5.41, 5.74) is 0. The first-order valence-electron chi connectivity index (χ1n) is 5.57. The van der Waals surface area contributed by atoms with Gasteiger partial charge in [-0.05, 0) is 18.9 Å². The van der Waals surface area contributed by atoms with Crippen LogP contribution >= 0.6 is 0 Å². The Morgan fingerprint density at radius 1 is 1.43 bits per heavy atom. The Bertz CT molecular complexity index is 159. The fourth-order valence-electron chi connectivity index (χ4n) is 1.21. The SMILES string of the molecule is CCCC[C@H](NCC(C)CC)C(=O)O. The molecule has 3 heteroatoms. The van der Waals surface area contributed by atoms with E-state index in [0.717, 1.165) is 32.2 Å². The van der Waals surface area contributed by atoms with E-state index in [2.05, 4.69) is 26.1 Å². The fourth-order valence-corrected chi connectivity index (χ4v) is 1.21. The molecule has 0 radical (unpaired) electrons. The van der Waals surface area contributed by atoms with Crippen LogP contribution in [0.1, 0.15) is 46.5 Å². The summed E-state index contributed by atoms with van der Waals surface area (Å²) < 4.78 is 0. The Morgan fingerprint density at radius 3 is 2.50 bits per heavy atom. The summed E-state index contributed by atoms with van der Waals surface area (Å²) in [5.74, 6) is -0.166. The quantitative estimate of drug-likeness (QED) is 0.633. The molecule has 84 valence electrons. The lowest BCUT2D eigenvalue weighted by Crippen LogP contribution is -2.38. The van der Waals surface area contributed by atoms with Gasteiger partial charge in [-0.25, -0.2) is 0 Å². The van der Waals surface area contributed by atoms with Crippen molar-refractivity contribution in [2.75, 3.05) is 6.54 Å². The molecule has 0 heterocycles. The monoisotopic (exact) mass is 201 g/mol. The summed E-state index contributed by atoms with van der Waals surface area (Å²) in [6, 6.07) is -0.357. The van der Waals surface area contributed by atoms with Crippen LogP contribution in [0.3, 0.4) is 0 Å². The van der Waals surface area contributed by atoms with Crippen molar-refractivity contribution < 1.29 is 9.90 Å². The number of rotatable bonds is 8. The van der Waals surface area contributed by atoms with Crippen LogP contribution in [0.2, 0.25) is 0 Å². The first-order chi connectivity index (χ1) is 6.61. The van der Waals surface area contributed by atoms with E-state index in [-0.39, 0.29) is 6.04 Å². The average molecular weight is 201 g/mol. The van der Waals surface area contributed by atoms with Crippen LogP contribution in [0.5, 0.6) is 0 Å². The van der Waals surface area contributed by atoms with Crippen LogP contribution in [0.4, 0.5) is 0 Å². The van der Waals surface area contributed by atoms with Gasteiger partial charge in [-0.15, -0.1) is 0 Å². The highest BCUT2D eigenvalue weighted by atomic mass is 16.4. The van der Waals surface area contributed by atoms with Crippen LogP contribution in [0.25, 0.3) is 0 Å². The second kappa shape index (κ2) is 7.80. The van der Waals surface area contributed by atoms with Crippen LogP contribution in [-0.2, 0) is 4.79 Å². The van der Waals surface area contributed by atoms with E-state index < -0.39 is 5.97 Å². The van der Waals surface area contributed by atoms with Gasteiger partial charge < -0.3 is 10.4 Å². The van der Waals surface area contributed by atoms with E-state index in [1.54, 1.807) is 0 Å². The molecule has 2 atom stereocenters. The molecule has 2 N–H and O–H groups in total. The van der Waals surface area contributed by atoms with Crippen molar-refractivity contribution in [2.24, 2.45) is 5.92 Å². The summed E-state index contributed by atoms with van der Waals surface area (Å²) in [5, 5.41) is 12.0. The molecule has 0 aromatic carbocycles. The van der Waals surface area contributed by atoms with E-state index in [1.807, 2.05) is 0 Å². The molecule has 0 aromatic heterocycles. The second-order valence-corrected chi connectivity index (χ2v) is 3.95. The molecule has 0 fully saturated rings. The number of hydrogen-bond donors (Lipinski definition) is 2. The van der Waals surface area contributed by atoms with Gasteiger partial charge in [0, 0.05) is 0 Å². The van der Waals surface area contributed by atoms with Crippen molar-refractivity contribution >= 4 is 5.97 Å². The lowest BCUT2D eigenvalue weighted by atomic mass is 10.1. The highest BCUT2D eigenvalue weighted by Crippen LogP contribution is 2.03. The maximum atomic E-state index is 10.8. The molecule has 0 aliphatic rings. The van der Waals surface area contributed by atoms with Crippen molar-refractivity contribution in [3.05, 3.63) is 0 Å². The molecule has 0 aliphatic heterocycles. The summed E-state index contributed by atoms with van der Waals surface area (Å²) in [4.78, 5) is 10.8. The van der Waals surface area contributed by atoms with Crippen LogP contribution in [0, 0.1) is 5.92 Å². The number of carboxylic acids is 1. The predicted molar refractivity (Wildman–Crippen MR) is 58.4 cm³/mol. The molecule has 0 aromatic rings. The molecule has 0 saturated heterocycles. The van der Waals surface area contributed by atoms with Crippen LogP contribution < -0.4 is 5.32 Å². The number of hydrogen-bond acceptors (Lipinski definition) is 2. The molecule has 0 bridgehead atoms. The minimum absolute atomic E-state index is 0.357. The maximum Gasteiger partial charge on any atom is 0.320 e. The lowest BCUT2D eigenvalue weighted by molar-refractivity contribution is -0.139. The molecule has 0 aliphatic carbocycles. The van der Waals surface area contributed by atoms with Crippen molar-refractivity contribution in [1.82, 2.24) is 5.32 Å². The van der Waals surface area contributed by atoms with Crippen LogP contribution in [-0.4, -0.2) is 23.7 Å². The minimum Gasteiger partial charge on any atom is -0.480 e. The Hall–Kier alpha value is -0.570. The van der Waals surface area contributed by atoms with E-state index in [4.69, 9.17) is 5.11 Å². The minimum atomic E-state index is -0.721. The van der Waals surface area contributed by atoms with Gasteiger partial charge in [-0.2, -0.15) is 0 Å². The highest BCUT2D eigenvalue weighted by molar-refractivity contribution is 5.73. The standard InChI is InChI=1S/C11H23NO2/c1-4-6-7-10(11(13)14)12-8-9(3)5-2/h9-10,12H,4-8H2,1-3H3,(H,13,14)/t9?,10-/m0/s1. The topological polar surface area (TPSA) is 49.3 Å². The van der Waals surface area contributed by atoms with E-state index in [0.29, 0.717) is 5.92 Å². The fraction of sp³-hybridized carbons (Fsp3) is 0.909. The highest BCUT2D eigenvalue weighted by Gasteiger charge is 2.16. The molecule has 0 amide bonds. The largest absolute Gasteiger partial charge is 0.480 e. The lowest BCUT2D eigenvalue weighted by Gasteiger charge is -2.16. The summed E-state index contributed by atoms with van der Waals surface area (Å²) in [6.45, 7) is 7.13. The molecule has 0 saturated carbocycles. The average Bonchev–Trinajstić information content (AvgIpc) is 2.16. The summed E-state index contributed by atoms with van der Waals surface area (Å²) >= 11 is 0. The Kier molecular flexibility index (Phi) is 7.48. The molecule has 0 spiro atoms. The zero-order chi connectivity index (χ0) is 11.0. The molecule has 3 nitrogen and oxygen atoms in total. The third-order valence-corrected chi connectivity index (χ3v) is 2.55. The molecule has 14 heavy (non-hydrogen) atoms. The van der Waals surface area contributed by atoms with E-state index >= 15 is 0 Å². The van der Waals surface area contributed by atoms with Gasteiger partial charge in [0.15, 0.2) is 0 Å². The third kappa shape index (κ3) is 5.97. The Labute approximate surface area is 86.9 Å². The van der Waals surface area contributed by atoms with Crippen LogP contribution in [0.15, 0.2) is 0 Å². The maximum absolute atomic E-state index is 10.8. The zero-order valence-electron chi connectivity index (χ0n) is 9.55. The third-order valence-electron chi connectivity index (χ3n) is 2.55. The van der Waals surface area contributed by atoms with Crippen molar-refractivity contribution in [1.29, 1.82) is 0 Å². The van der Waals surface area contributed by atoms with Gasteiger partial charge in [-0.1, -0.05) is 40.0 Å². The summed E-state index contributed by atoms with van der Waals surface area (Å²) in [6.07, 6.45) is 3.86. The number of nitrogens with one attached hydrogen (secondary N) is 1. The number of carboxylic acid groups (broad SMARTS) is 1. The number of carbonyl (C=O) groups is 1. The first kappa shape index (κ1) is 13.4. The van der Waals surface area contributed by atoms with Crippen molar-refractivity contribution in [2.45, 2.75) is 52.5 Å². The Balaban J connectivity index is 3.79.